The Morgan fingerprint density at radius 1 is 1.23 bits per heavy atom. The van der Waals surface area contributed by atoms with E-state index in [0.717, 1.165) is 36.8 Å². The number of esters is 1. The van der Waals surface area contributed by atoms with Gasteiger partial charge in [0.2, 0.25) is 3.79 Å². The molecule has 12 heteroatoms. The minimum absolute atomic E-state index is 0.151. The number of rotatable bonds is 7. The number of nitrogens with one attached hydrogen (secondary N) is 1. The first-order valence-corrected chi connectivity index (χ1v) is 14.0. The number of fused-ring (bicyclic) bond motifs is 5. The molecule has 0 bridgehead atoms. The first-order chi connectivity index (χ1) is 16.3. The minimum atomic E-state index is -4.27. The fourth-order valence-electron chi connectivity index (χ4n) is 6.53. The van der Waals surface area contributed by atoms with Crippen molar-refractivity contribution in [3.63, 3.8) is 0 Å². The second-order valence-electron chi connectivity index (χ2n) is 9.84. The van der Waals surface area contributed by atoms with Crippen LogP contribution in [0.25, 0.3) is 0 Å². The highest BCUT2D eigenvalue weighted by atomic mass is 35.6. The Hall–Kier alpha value is -1.10. The third-order valence-corrected chi connectivity index (χ3v) is 9.17. The van der Waals surface area contributed by atoms with Crippen molar-refractivity contribution in [2.45, 2.75) is 67.8 Å². The van der Waals surface area contributed by atoms with E-state index in [-0.39, 0.29) is 29.3 Å². The van der Waals surface area contributed by atoms with Gasteiger partial charge in [0.05, 0.1) is 0 Å². The van der Waals surface area contributed by atoms with Crippen LogP contribution in [0.2, 0.25) is 0 Å². The zero-order valence-corrected chi connectivity index (χ0v) is 22.4. The molecule has 3 aliphatic carbocycles. The van der Waals surface area contributed by atoms with Crippen LogP contribution >= 0.6 is 34.8 Å². The number of carbonyl (C=O) groups excluding carboxylic acids is 2. The van der Waals surface area contributed by atoms with Gasteiger partial charge in [-0.1, -0.05) is 47.8 Å². The van der Waals surface area contributed by atoms with Gasteiger partial charge in [0, 0.05) is 18.4 Å². The van der Waals surface area contributed by atoms with Gasteiger partial charge in [-0.3, -0.25) is 13.8 Å². The summed E-state index contributed by atoms with van der Waals surface area (Å²) in [6.45, 7) is 3.35. The Bertz CT molecular complexity index is 1090. The van der Waals surface area contributed by atoms with Crippen molar-refractivity contribution in [1.29, 1.82) is 0 Å². The molecule has 0 amide bonds. The highest BCUT2D eigenvalue weighted by Gasteiger charge is 2.57. The standard InChI is InChI=1S/C23H28Cl3NO7S/c1-13(29)34-14-3-4-15-16-7-8-22(2)19(5-6-21(22)32-12-28)17(16)10-20(18(15)9-14)27-35(30,31)33-11-23(24,25)26/h3-4,9,12,16-17,19-21,27H,5-8,10-11H2,1-2H3. The number of alkyl halides is 3. The third-order valence-electron chi connectivity index (χ3n) is 7.84. The van der Waals surface area contributed by atoms with Crippen LogP contribution in [0.1, 0.15) is 69.0 Å². The van der Waals surface area contributed by atoms with Crippen LogP contribution in [-0.4, -0.2) is 37.4 Å². The van der Waals surface area contributed by atoms with Gasteiger partial charge >= 0.3 is 16.3 Å². The van der Waals surface area contributed by atoms with E-state index in [1.807, 2.05) is 6.07 Å². The lowest BCUT2D eigenvalue weighted by molar-refractivity contribution is -0.142. The highest BCUT2D eigenvalue weighted by molar-refractivity contribution is 7.84. The molecule has 1 aromatic carbocycles. The molecule has 3 aliphatic rings. The number of hydrogen-bond donors (Lipinski definition) is 1. The number of ether oxygens (including phenoxy) is 2. The molecule has 0 aromatic heterocycles. The van der Waals surface area contributed by atoms with Gasteiger partial charge in [0.25, 0.3) is 6.47 Å². The van der Waals surface area contributed by atoms with Crippen molar-refractivity contribution in [3.8, 4) is 5.75 Å². The Balaban J connectivity index is 1.68. The summed E-state index contributed by atoms with van der Waals surface area (Å²) < 4.78 is 41.9. The molecule has 0 aliphatic heterocycles. The SMILES string of the molecule is CC(=O)Oc1ccc2c(c1)C(NS(=O)(=O)OCC(Cl)(Cl)Cl)CC1C2CCC2(C)C(OC=O)CCC12. The lowest BCUT2D eigenvalue weighted by atomic mass is 9.55. The van der Waals surface area contributed by atoms with Crippen LogP contribution in [0.5, 0.6) is 5.75 Å². The molecule has 6 unspecified atom stereocenters. The topological polar surface area (TPSA) is 108 Å². The normalized spacial score (nSPS) is 32.2. The molecule has 6 atom stereocenters. The Labute approximate surface area is 220 Å². The largest absolute Gasteiger partial charge is 0.464 e. The second kappa shape index (κ2) is 9.99. The van der Waals surface area contributed by atoms with Crippen molar-refractivity contribution in [1.82, 2.24) is 4.72 Å². The molecular weight excluding hydrogens is 541 g/mol. The average molecular weight is 569 g/mol. The molecule has 8 nitrogen and oxygen atoms in total. The van der Waals surface area contributed by atoms with E-state index in [1.165, 1.54) is 6.92 Å². The quantitative estimate of drug-likeness (QED) is 0.219. The first kappa shape index (κ1) is 26.9. The van der Waals surface area contributed by atoms with Gasteiger partial charge in [-0.15, -0.1) is 0 Å². The molecule has 194 valence electrons. The zero-order chi connectivity index (χ0) is 25.6. The molecule has 2 fully saturated rings. The average Bonchev–Trinajstić information content (AvgIpc) is 3.08. The summed E-state index contributed by atoms with van der Waals surface area (Å²) in [5, 5.41) is 0. The van der Waals surface area contributed by atoms with Crippen LogP contribution in [0.15, 0.2) is 18.2 Å². The van der Waals surface area contributed by atoms with Crippen molar-refractivity contribution in [2.75, 3.05) is 6.61 Å². The van der Waals surface area contributed by atoms with Gasteiger partial charge in [0.1, 0.15) is 18.5 Å². The Morgan fingerprint density at radius 3 is 2.63 bits per heavy atom. The van der Waals surface area contributed by atoms with E-state index < -0.39 is 32.7 Å². The fraction of sp³-hybridized carbons (Fsp3) is 0.652. The third kappa shape index (κ3) is 5.75. The molecule has 1 aromatic rings. The van der Waals surface area contributed by atoms with Gasteiger partial charge in [0.15, 0.2) is 0 Å². The van der Waals surface area contributed by atoms with E-state index >= 15 is 0 Å². The molecule has 35 heavy (non-hydrogen) atoms. The van der Waals surface area contributed by atoms with Crippen LogP contribution in [-0.2, 0) is 28.8 Å². The van der Waals surface area contributed by atoms with Crippen molar-refractivity contribution >= 4 is 57.5 Å². The summed E-state index contributed by atoms with van der Waals surface area (Å²) in [5.41, 5.74) is 1.56. The van der Waals surface area contributed by atoms with Crippen LogP contribution in [0, 0.1) is 17.3 Å². The minimum Gasteiger partial charge on any atom is -0.464 e. The number of halogens is 3. The zero-order valence-electron chi connectivity index (χ0n) is 19.3. The van der Waals surface area contributed by atoms with Crippen molar-refractivity contribution in [2.24, 2.45) is 17.3 Å². The maximum atomic E-state index is 12.8. The van der Waals surface area contributed by atoms with Crippen LogP contribution in [0.4, 0.5) is 0 Å². The van der Waals surface area contributed by atoms with Gasteiger partial charge in [-0.2, -0.15) is 13.1 Å². The molecule has 4 rings (SSSR count). The second-order valence-corrected chi connectivity index (χ2v) is 13.7. The predicted octanol–water partition coefficient (Wildman–Crippen LogP) is 4.73. The molecule has 0 heterocycles. The maximum Gasteiger partial charge on any atom is 0.336 e. The lowest BCUT2D eigenvalue weighted by Gasteiger charge is -2.51. The monoisotopic (exact) mass is 567 g/mol. The molecular formula is C23H28Cl3NO7S. The fourth-order valence-corrected chi connectivity index (χ4v) is 7.86. The highest BCUT2D eigenvalue weighted by Crippen LogP contribution is 2.62. The Kier molecular flexibility index (Phi) is 7.69. The number of carbonyl (C=O) groups is 2. The maximum absolute atomic E-state index is 12.8. The summed E-state index contributed by atoms with van der Waals surface area (Å²) >= 11 is 17.0. The van der Waals surface area contributed by atoms with E-state index in [4.69, 9.17) is 48.5 Å². The smallest absolute Gasteiger partial charge is 0.336 e. The van der Waals surface area contributed by atoms with E-state index in [9.17, 15) is 18.0 Å². The number of benzene rings is 1. The van der Waals surface area contributed by atoms with E-state index in [1.54, 1.807) is 12.1 Å². The van der Waals surface area contributed by atoms with E-state index in [2.05, 4.69) is 11.6 Å². The van der Waals surface area contributed by atoms with Crippen molar-refractivity contribution < 1.29 is 31.7 Å². The van der Waals surface area contributed by atoms with Crippen LogP contribution < -0.4 is 9.46 Å². The predicted molar refractivity (Wildman–Crippen MR) is 131 cm³/mol. The summed E-state index contributed by atoms with van der Waals surface area (Å²) in [6.07, 6.45) is 3.79. The number of hydrogen-bond acceptors (Lipinski definition) is 7. The first-order valence-electron chi connectivity index (χ1n) is 11.5. The van der Waals surface area contributed by atoms with Gasteiger partial charge in [-0.05, 0) is 73.1 Å². The van der Waals surface area contributed by atoms with Gasteiger partial charge in [-0.25, -0.2) is 0 Å². The molecule has 0 saturated heterocycles. The molecule has 2 saturated carbocycles. The molecule has 0 spiro atoms. The molecule has 0 radical (unpaired) electrons. The van der Waals surface area contributed by atoms with Crippen molar-refractivity contribution in [3.05, 3.63) is 29.3 Å². The summed E-state index contributed by atoms with van der Waals surface area (Å²) in [5.74, 6) is 0.472. The lowest BCUT2D eigenvalue weighted by Crippen LogP contribution is -2.47. The Morgan fingerprint density at radius 2 is 1.97 bits per heavy atom. The summed E-state index contributed by atoms with van der Waals surface area (Å²) in [4.78, 5) is 22.6. The summed E-state index contributed by atoms with van der Waals surface area (Å²) in [7, 11) is -4.27. The van der Waals surface area contributed by atoms with Crippen LogP contribution in [0.3, 0.4) is 0 Å². The van der Waals surface area contributed by atoms with E-state index in [0.29, 0.717) is 18.6 Å². The van der Waals surface area contributed by atoms with Gasteiger partial charge < -0.3 is 9.47 Å². The molecule has 1 N–H and O–H groups in total. The summed E-state index contributed by atoms with van der Waals surface area (Å²) in [6, 6.07) is 4.70.